The first-order valence-electron chi connectivity index (χ1n) is 5.40. The van der Waals surface area contributed by atoms with Gasteiger partial charge in [-0.2, -0.15) is 4.31 Å². The molecule has 1 aromatic rings. The quantitative estimate of drug-likeness (QED) is 0.803. The van der Waals surface area contributed by atoms with Crippen LogP contribution in [-0.2, 0) is 10.0 Å². The Kier molecular flexibility index (Phi) is 4.26. The number of hydrogen-bond acceptors (Lipinski definition) is 4. The first-order chi connectivity index (χ1) is 8.22. The summed E-state index contributed by atoms with van der Waals surface area (Å²) in [5.74, 6) is 0. The number of β-amino-alcohol motifs (C(OH)–C–C–N with tert-alkyl or cyclic N) is 1. The van der Waals surface area contributed by atoms with Gasteiger partial charge in [0.25, 0.3) is 0 Å². The molecule has 18 heavy (non-hydrogen) atoms. The van der Waals surface area contributed by atoms with Crippen LogP contribution in [0.4, 0.5) is 0 Å². The van der Waals surface area contributed by atoms with E-state index in [1.165, 1.54) is 15.6 Å². The lowest BCUT2D eigenvalue weighted by Gasteiger charge is -2.35. The van der Waals surface area contributed by atoms with Gasteiger partial charge < -0.3 is 5.11 Å². The van der Waals surface area contributed by atoms with E-state index in [9.17, 15) is 13.5 Å². The van der Waals surface area contributed by atoms with Crippen LogP contribution in [0.15, 0.2) is 18.5 Å². The second kappa shape index (κ2) is 5.14. The zero-order chi connectivity index (χ0) is 13.6. The minimum absolute atomic E-state index is 0.148. The molecule has 0 spiro atoms. The average molecular weight is 419 g/mol. The van der Waals surface area contributed by atoms with Gasteiger partial charge in [0.15, 0.2) is 0 Å². The van der Waals surface area contributed by atoms with Gasteiger partial charge in [-0.1, -0.05) is 0 Å². The molecule has 0 saturated carbocycles. The molecule has 1 atom stereocenters. The SMILES string of the molecule is CC1(O)CCCN(S(=O)(=O)c2cc(Br)sc2Br)C1. The van der Waals surface area contributed by atoms with Crippen LogP contribution in [0.2, 0.25) is 0 Å². The van der Waals surface area contributed by atoms with Crippen molar-refractivity contribution in [1.29, 1.82) is 0 Å². The van der Waals surface area contributed by atoms with Crippen molar-refractivity contribution in [2.75, 3.05) is 13.1 Å². The van der Waals surface area contributed by atoms with E-state index >= 15 is 0 Å². The molecule has 1 saturated heterocycles. The molecule has 1 aliphatic heterocycles. The molecule has 0 aliphatic carbocycles. The molecule has 4 nitrogen and oxygen atoms in total. The maximum Gasteiger partial charge on any atom is 0.245 e. The van der Waals surface area contributed by atoms with Gasteiger partial charge in [0, 0.05) is 13.1 Å². The van der Waals surface area contributed by atoms with Gasteiger partial charge >= 0.3 is 0 Å². The molecule has 1 N–H and O–H groups in total. The fraction of sp³-hybridized carbons (Fsp3) is 0.600. The van der Waals surface area contributed by atoms with Crippen molar-refractivity contribution in [1.82, 2.24) is 4.31 Å². The molecule has 1 aliphatic rings. The van der Waals surface area contributed by atoms with E-state index in [1.807, 2.05) is 0 Å². The topological polar surface area (TPSA) is 57.6 Å². The van der Waals surface area contributed by atoms with Gasteiger partial charge in [-0.15, -0.1) is 11.3 Å². The van der Waals surface area contributed by atoms with Crippen molar-refractivity contribution < 1.29 is 13.5 Å². The summed E-state index contributed by atoms with van der Waals surface area (Å²) in [6.07, 6.45) is 1.31. The summed E-state index contributed by atoms with van der Waals surface area (Å²) >= 11 is 7.87. The van der Waals surface area contributed by atoms with Gasteiger partial charge in [0.1, 0.15) is 4.90 Å². The summed E-state index contributed by atoms with van der Waals surface area (Å²) in [5, 5.41) is 10.0. The van der Waals surface area contributed by atoms with E-state index < -0.39 is 15.6 Å². The lowest BCUT2D eigenvalue weighted by atomic mass is 9.97. The minimum atomic E-state index is -3.54. The zero-order valence-electron chi connectivity index (χ0n) is 9.69. The second-order valence-electron chi connectivity index (χ2n) is 4.63. The zero-order valence-corrected chi connectivity index (χ0v) is 14.5. The molecule has 8 heteroatoms. The Balaban J connectivity index is 2.34. The standard InChI is InChI=1S/C10H13Br2NO3S2/c1-10(14)3-2-4-13(6-10)18(15,16)7-5-8(11)17-9(7)12/h5,14H,2-4,6H2,1H3. The summed E-state index contributed by atoms with van der Waals surface area (Å²) < 4.78 is 27.7. The van der Waals surface area contributed by atoms with Crippen LogP contribution in [0, 0.1) is 0 Å². The first-order valence-corrected chi connectivity index (χ1v) is 9.24. The molecule has 0 radical (unpaired) electrons. The number of sulfonamides is 1. The Labute approximate surface area is 127 Å². The summed E-state index contributed by atoms with van der Waals surface area (Å²) in [7, 11) is -3.54. The second-order valence-corrected chi connectivity index (χ2v) is 10.3. The van der Waals surface area contributed by atoms with Crippen molar-refractivity contribution in [3.63, 3.8) is 0 Å². The van der Waals surface area contributed by atoms with Crippen molar-refractivity contribution in [3.05, 3.63) is 13.6 Å². The molecule has 2 heterocycles. The molecule has 102 valence electrons. The molecule has 2 rings (SSSR count). The third-order valence-electron chi connectivity index (χ3n) is 2.88. The number of nitrogens with zero attached hydrogens (tertiary/aromatic N) is 1. The van der Waals surface area contributed by atoms with E-state index in [4.69, 9.17) is 0 Å². The van der Waals surface area contributed by atoms with Crippen molar-refractivity contribution in [2.45, 2.75) is 30.3 Å². The molecule has 0 bridgehead atoms. The van der Waals surface area contributed by atoms with Crippen LogP contribution in [0.3, 0.4) is 0 Å². The van der Waals surface area contributed by atoms with Crippen LogP contribution in [0.25, 0.3) is 0 Å². The third kappa shape index (κ3) is 2.99. The fourth-order valence-corrected chi connectivity index (χ4v) is 7.38. The van der Waals surface area contributed by atoms with Crippen LogP contribution < -0.4 is 0 Å². The summed E-state index contributed by atoms with van der Waals surface area (Å²) in [6, 6.07) is 1.59. The summed E-state index contributed by atoms with van der Waals surface area (Å²) in [4.78, 5) is 0.261. The van der Waals surface area contributed by atoms with Gasteiger partial charge in [-0.25, -0.2) is 8.42 Å². The number of rotatable bonds is 2. The van der Waals surface area contributed by atoms with Crippen molar-refractivity contribution in [3.8, 4) is 0 Å². The van der Waals surface area contributed by atoms with Gasteiger partial charge in [-0.05, 0) is 57.7 Å². The molecule has 0 amide bonds. The number of hydrogen-bond donors (Lipinski definition) is 1. The van der Waals surface area contributed by atoms with E-state index in [2.05, 4.69) is 31.9 Å². The number of piperidine rings is 1. The van der Waals surface area contributed by atoms with E-state index in [1.54, 1.807) is 13.0 Å². The highest BCUT2D eigenvalue weighted by Crippen LogP contribution is 2.37. The summed E-state index contributed by atoms with van der Waals surface area (Å²) in [6.45, 7) is 2.28. The van der Waals surface area contributed by atoms with E-state index in [0.29, 0.717) is 23.2 Å². The lowest BCUT2D eigenvalue weighted by Crippen LogP contribution is -2.48. The highest BCUT2D eigenvalue weighted by Gasteiger charge is 2.36. The van der Waals surface area contributed by atoms with Gasteiger partial charge in [0.2, 0.25) is 10.0 Å². The highest BCUT2D eigenvalue weighted by atomic mass is 79.9. The average Bonchev–Trinajstić information content (AvgIpc) is 2.57. The van der Waals surface area contributed by atoms with Crippen molar-refractivity contribution in [2.24, 2.45) is 0 Å². The van der Waals surface area contributed by atoms with Crippen molar-refractivity contribution >= 4 is 53.2 Å². The maximum absolute atomic E-state index is 12.5. The number of halogens is 2. The smallest absolute Gasteiger partial charge is 0.245 e. The molecular formula is C10H13Br2NO3S2. The Bertz CT molecular complexity index is 553. The van der Waals surface area contributed by atoms with Crippen LogP contribution in [0.1, 0.15) is 19.8 Å². The molecule has 1 unspecified atom stereocenters. The lowest BCUT2D eigenvalue weighted by molar-refractivity contribution is 0.00940. The predicted octanol–water partition coefficient (Wildman–Crippen LogP) is 2.81. The Morgan fingerprint density at radius 1 is 1.50 bits per heavy atom. The minimum Gasteiger partial charge on any atom is -0.389 e. The predicted molar refractivity (Wildman–Crippen MR) is 78.3 cm³/mol. The van der Waals surface area contributed by atoms with E-state index in [0.717, 1.165) is 3.79 Å². The van der Waals surface area contributed by atoms with Crippen LogP contribution >= 0.6 is 43.2 Å². The maximum atomic E-state index is 12.5. The van der Waals surface area contributed by atoms with Gasteiger partial charge in [0.05, 0.1) is 13.2 Å². The first kappa shape index (κ1) is 14.9. The largest absolute Gasteiger partial charge is 0.389 e. The number of aliphatic hydroxyl groups is 1. The van der Waals surface area contributed by atoms with Crippen LogP contribution in [0.5, 0.6) is 0 Å². The normalized spacial score (nSPS) is 26.4. The van der Waals surface area contributed by atoms with E-state index in [-0.39, 0.29) is 11.4 Å². The molecule has 1 fully saturated rings. The third-order valence-corrected chi connectivity index (χ3v) is 7.48. The Hall–Kier alpha value is 0.530. The monoisotopic (exact) mass is 417 g/mol. The van der Waals surface area contributed by atoms with Gasteiger partial charge in [-0.3, -0.25) is 0 Å². The fourth-order valence-electron chi connectivity index (χ4n) is 2.02. The summed E-state index contributed by atoms with van der Waals surface area (Å²) in [5.41, 5.74) is -0.939. The number of thiophene rings is 1. The molecule has 0 aromatic carbocycles. The Morgan fingerprint density at radius 3 is 2.67 bits per heavy atom. The molecular weight excluding hydrogens is 406 g/mol. The van der Waals surface area contributed by atoms with Crippen LogP contribution in [-0.4, -0.2) is 36.5 Å². The highest BCUT2D eigenvalue weighted by molar-refractivity contribution is 9.12. The molecule has 1 aromatic heterocycles. The Morgan fingerprint density at radius 2 is 2.17 bits per heavy atom.